The summed E-state index contributed by atoms with van der Waals surface area (Å²) in [5, 5.41) is 3.43. The van der Waals surface area contributed by atoms with E-state index in [0.717, 1.165) is 33.7 Å². The Kier molecular flexibility index (Phi) is 6.36. The topological polar surface area (TPSA) is 30.5 Å². The van der Waals surface area contributed by atoms with Crippen LogP contribution < -0.4 is 14.8 Å². The van der Waals surface area contributed by atoms with E-state index in [2.05, 4.69) is 72.1 Å². The number of nitrogens with one attached hydrogen (secondary N) is 1. The predicted octanol–water partition coefficient (Wildman–Crippen LogP) is 5.01. The number of benzene rings is 2. The Labute approximate surface area is 146 Å². The van der Waals surface area contributed by atoms with E-state index in [-0.39, 0.29) is 0 Å². The van der Waals surface area contributed by atoms with E-state index in [1.165, 1.54) is 11.1 Å². The van der Waals surface area contributed by atoms with Gasteiger partial charge in [-0.25, -0.2) is 0 Å². The third kappa shape index (κ3) is 4.53. The fourth-order valence-corrected chi connectivity index (χ4v) is 2.92. The zero-order chi connectivity index (χ0) is 15.9. The van der Waals surface area contributed by atoms with Crippen LogP contribution in [-0.2, 0) is 6.54 Å². The second kappa shape index (κ2) is 8.27. The highest BCUT2D eigenvalue weighted by atomic mass is 127. The lowest BCUT2D eigenvalue weighted by atomic mass is 10.2. The van der Waals surface area contributed by atoms with Gasteiger partial charge in [-0.15, -0.1) is 0 Å². The highest BCUT2D eigenvalue weighted by Gasteiger charge is 2.11. The van der Waals surface area contributed by atoms with Crippen LogP contribution in [0.1, 0.15) is 24.5 Å². The molecule has 0 spiro atoms. The van der Waals surface area contributed by atoms with Crippen molar-refractivity contribution in [3.63, 3.8) is 0 Å². The maximum Gasteiger partial charge on any atom is 0.174 e. The van der Waals surface area contributed by atoms with Crippen LogP contribution in [0.5, 0.6) is 11.5 Å². The number of halogens is 1. The van der Waals surface area contributed by atoms with E-state index in [9.17, 15) is 0 Å². The van der Waals surface area contributed by atoms with E-state index in [4.69, 9.17) is 9.47 Å². The van der Waals surface area contributed by atoms with Gasteiger partial charge in [0.2, 0.25) is 0 Å². The van der Waals surface area contributed by atoms with Crippen molar-refractivity contribution in [3.8, 4) is 11.5 Å². The van der Waals surface area contributed by atoms with Crippen LogP contribution >= 0.6 is 22.6 Å². The molecule has 0 heterocycles. The van der Waals surface area contributed by atoms with Gasteiger partial charge in [-0.05, 0) is 65.8 Å². The van der Waals surface area contributed by atoms with Gasteiger partial charge < -0.3 is 14.8 Å². The van der Waals surface area contributed by atoms with Crippen LogP contribution in [0, 0.1) is 10.5 Å². The first-order valence-corrected chi connectivity index (χ1v) is 8.51. The molecule has 2 rings (SSSR count). The largest absolute Gasteiger partial charge is 0.493 e. The average Bonchev–Trinajstić information content (AvgIpc) is 2.53. The summed E-state index contributed by atoms with van der Waals surface area (Å²) in [5.41, 5.74) is 3.55. The van der Waals surface area contributed by atoms with Crippen molar-refractivity contribution in [1.82, 2.24) is 0 Å². The minimum atomic E-state index is 0.702. The molecule has 0 bridgehead atoms. The molecule has 22 heavy (non-hydrogen) atoms. The van der Waals surface area contributed by atoms with E-state index in [1.54, 1.807) is 7.11 Å². The standard InChI is InChI=1S/C18H22INO2/c1-4-9-22-18-16(19)10-14(11-17(18)21-3)12-20-15-7-5-13(2)6-8-15/h5-8,10-11,20H,4,9,12H2,1-3H3. The molecule has 0 saturated heterocycles. The second-order valence-electron chi connectivity index (χ2n) is 5.18. The van der Waals surface area contributed by atoms with E-state index in [0.29, 0.717) is 6.61 Å². The van der Waals surface area contributed by atoms with Crippen molar-refractivity contribution in [3.05, 3.63) is 51.1 Å². The SMILES string of the molecule is CCCOc1c(I)cc(CNc2ccc(C)cc2)cc1OC. The van der Waals surface area contributed by atoms with Crippen LogP contribution in [0.3, 0.4) is 0 Å². The van der Waals surface area contributed by atoms with Crippen LogP contribution in [0.25, 0.3) is 0 Å². The van der Waals surface area contributed by atoms with E-state index < -0.39 is 0 Å². The fraction of sp³-hybridized carbons (Fsp3) is 0.333. The van der Waals surface area contributed by atoms with Crippen molar-refractivity contribution in [2.75, 3.05) is 19.0 Å². The quantitative estimate of drug-likeness (QED) is 0.650. The molecular formula is C18H22INO2. The third-order valence-corrected chi connectivity index (χ3v) is 4.09. The molecule has 0 aliphatic carbocycles. The highest BCUT2D eigenvalue weighted by Crippen LogP contribution is 2.34. The molecule has 0 aliphatic heterocycles. The Balaban J connectivity index is 2.11. The van der Waals surface area contributed by atoms with Crippen LogP contribution in [0.2, 0.25) is 0 Å². The van der Waals surface area contributed by atoms with Crippen LogP contribution in [0.4, 0.5) is 5.69 Å². The van der Waals surface area contributed by atoms with Gasteiger partial charge in [-0.2, -0.15) is 0 Å². The average molecular weight is 411 g/mol. The summed E-state index contributed by atoms with van der Waals surface area (Å²) in [7, 11) is 1.68. The van der Waals surface area contributed by atoms with E-state index >= 15 is 0 Å². The summed E-state index contributed by atoms with van der Waals surface area (Å²) >= 11 is 2.30. The number of aryl methyl sites for hydroxylation is 1. The Morgan fingerprint density at radius 2 is 1.86 bits per heavy atom. The molecule has 2 aromatic rings. The first-order valence-electron chi connectivity index (χ1n) is 7.43. The lowest BCUT2D eigenvalue weighted by molar-refractivity contribution is 0.292. The fourth-order valence-electron chi connectivity index (χ4n) is 2.10. The normalized spacial score (nSPS) is 10.4. The van der Waals surface area contributed by atoms with Gasteiger partial charge in [-0.1, -0.05) is 24.6 Å². The molecule has 0 radical (unpaired) electrons. The summed E-state index contributed by atoms with van der Waals surface area (Å²) in [5.74, 6) is 1.63. The Morgan fingerprint density at radius 1 is 1.14 bits per heavy atom. The Bertz CT molecular complexity index is 611. The molecule has 118 valence electrons. The monoisotopic (exact) mass is 411 g/mol. The van der Waals surface area contributed by atoms with Crippen molar-refractivity contribution >= 4 is 28.3 Å². The molecular weight excluding hydrogens is 389 g/mol. The molecule has 0 fully saturated rings. The first-order chi connectivity index (χ1) is 10.6. The molecule has 1 N–H and O–H groups in total. The number of hydrogen-bond acceptors (Lipinski definition) is 3. The lowest BCUT2D eigenvalue weighted by Gasteiger charge is -2.14. The van der Waals surface area contributed by atoms with Crippen LogP contribution in [-0.4, -0.2) is 13.7 Å². The number of methoxy groups -OCH3 is 1. The molecule has 0 atom stereocenters. The molecule has 2 aromatic carbocycles. The third-order valence-electron chi connectivity index (χ3n) is 3.29. The molecule has 0 aliphatic rings. The molecule has 0 unspecified atom stereocenters. The maximum atomic E-state index is 5.79. The zero-order valence-electron chi connectivity index (χ0n) is 13.3. The minimum Gasteiger partial charge on any atom is -0.493 e. The van der Waals surface area contributed by atoms with Crippen LogP contribution in [0.15, 0.2) is 36.4 Å². The van der Waals surface area contributed by atoms with Crippen molar-refractivity contribution in [2.45, 2.75) is 26.8 Å². The van der Waals surface area contributed by atoms with Gasteiger partial charge in [0.05, 0.1) is 17.3 Å². The maximum absolute atomic E-state index is 5.79. The predicted molar refractivity (Wildman–Crippen MR) is 100 cm³/mol. The smallest absolute Gasteiger partial charge is 0.174 e. The van der Waals surface area contributed by atoms with Gasteiger partial charge >= 0.3 is 0 Å². The zero-order valence-corrected chi connectivity index (χ0v) is 15.4. The van der Waals surface area contributed by atoms with Gasteiger partial charge in [-0.3, -0.25) is 0 Å². The summed E-state index contributed by atoms with van der Waals surface area (Å²) < 4.78 is 12.3. The number of ether oxygens (including phenoxy) is 2. The van der Waals surface area contributed by atoms with Crippen molar-refractivity contribution in [1.29, 1.82) is 0 Å². The summed E-state index contributed by atoms with van der Waals surface area (Å²) in [6.07, 6.45) is 0.982. The minimum absolute atomic E-state index is 0.702. The Morgan fingerprint density at radius 3 is 2.50 bits per heavy atom. The summed E-state index contributed by atoms with van der Waals surface area (Å²) in [4.78, 5) is 0. The molecule has 0 aromatic heterocycles. The number of anilines is 1. The van der Waals surface area contributed by atoms with Gasteiger partial charge in [0.25, 0.3) is 0 Å². The molecule has 0 saturated carbocycles. The van der Waals surface area contributed by atoms with E-state index in [1.807, 2.05) is 6.07 Å². The first kappa shape index (κ1) is 16.9. The van der Waals surface area contributed by atoms with Crippen molar-refractivity contribution in [2.24, 2.45) is 0 Å². The summed E-state index contributed by atoms with van der Waals surface area (Å²) in [6, 6.07) is 12.6. The van der Waals surface area contributed by atoms with Gasteiger partial charge in [0.15, 0.2) is 11.5 Å². The summed E-state index contributed by atoms with van der Waals surface area (Å²) in [6.45, 7) is 5.64. The Hall–Kier alpha value is -1.43. The number of rotatable bonds is 7. The molecule has 0 amide bonds. The second-order valence-corrected chi connectivity index (χ2v) is 6.34. The molecule has 3 nitrogen and oxygen atoms in total. The van der Waals surface area contributed by atoms with Gasteiger partial charge in [0.1, 0.15) is 0 Å². The highest BCUT2D eigenvalue weighted by molar-refractivity contribution is 14.1. The molecule has 4 heteroatoms. The van der Waals surface area contributed by atoms with Crippen molar-refractivity contribution < 1.29 is 9.47 Å². The lowest BCUT2D eigenvalue weighted by Crippen LogP contribution is -2.04. The van der Waals surface area contributed by atoms with Gasteiger partial charge in [0, 0.05) is 12.2 Å². The number of hydrogen-bond donors (Lipinski definition) is 1.